The van der Waals surface area contributed by atoms with E-state index in [1.165, 1.54) is 11.3 Å². The van der Waals surface area contributed by atoms with Crippen LogP contribution >= 0.6 is 34.5 Å². The molecular weight excluding hydrogens is 343 g/mol. The first kappa shape index (κ1) is 13.7. The number of aryl methyl sites for hydroxylation is 1. The monoisotopic (exact) mass is 350 g/mol. The molecule has 1 aromatic carbocycles. The second kappa shape index (κ2) is 5.05. The minimum absolute atomic E-state index is 0.556. The van der Waals surface area contributed by atoms with E-state index in [1.807, 2.05) is 19.3 Å². The van der Waals surface area contributed by atoms with Crippen LogP contribution in [0.2, 0.25) is 10.0 Å². The molecule has 22 heavy (non-hydrogen) atoms. The van der Waals surface area contributed by atoms with Gasteiger partial charge in [0.15, 0.2) is 5.82 Å². The summed E-state index contributed by atoms with van der Waals surface area (Å²) in [6.07, 6.45) is 3.59. The molecule has 0 bridgehead atoms. The molecule has 3 heterocycles. The fourth-order valence-electron chi connectivity index (χ4n) is 2.11. The molecule has 6 nitrogen and oxygen atoms in total. The third kappa shape index (κ3) is 2.18. The van der Waals surface area contributed by atoms with Crippen LogP contribution in [-0.2, 0) is 7.05 Å². The molecule has 0 radical (unpaired) electrons. The van der Waals surface area contributed by atoms with Crippen LogP contribution in [-0.4, -0.2) is 29.6 Å². The minimum atomic E-state index is 0.556. The van der Waals surface area contributed by atoms with Crippen LogP contribution in [0.5, 0.6) is 0 Å². The molecule has 0 amide bonds. The first-order valence-electron chi connectivity index (χ1n) is 6.28. The highest BCUT2D eigenvalue weighted by Gasteiger charge is 2.16. The van der Waals surface area contributed by atoms with Crippen molar-refractivity contribution in [2.75, 3.05) is 0 Å². The molecule has 0 spiro atoms. The topological polar surface area (TPSA) is 60.9 Å². The Hall–Kier alpha value is -1.96. The van der Waals surface area contributed by atoms with E-state index in [1.54, 1.807) is 27.5 Å². The first-order valence-corrected chi connectivity index (χ1v) is 7.86. The Morgan fingerprint density at radius 1 is 1.18 bits per heavy atom. The van der Waals surface area contributed by atoms with Crippen molar-refractivity contribution in [1.29, 1.82) is 0 Å². The Balaban J connectivity index is 1.86. The largest absolute Gasteiger partial charge is 0.275 e. The highest BCUT2D eigenvalue weighted by Crippen LogP contribution is 2.33. The Kier molecular flexibility index (Phi) is 3.14. The van der Waals surface area contributed by atoms with Gasteiger partial charge in [-0.3, -0.25) is 4.68 Å². The van der Waals surface area contributed by atoms with Crippen molar-refractivity contribution in [2.45, 2.75) is 0 Å². The van der Waals surface area contributed by atoms with Crippen LogP contribution in [0.3, 0.4) is 0 Å². The molecule has 3 aromatic heterocycles. The molecule has 110 valence electrons. The zero-order valence-electron chi connectivity index (χ0n) is 11.2. The van der Waals surface area contributed by atoms with E-state index in [0.29, 0.717) is 20.8 Å². The van der Waals surface area contributed by atoms with Gasteiger partial charge in [0, 0.05) is 23.8 Å². The van der Waals surface area contributed by atoms with Crippen LogP contribution in [0.1, 0.15) is 0 Å². The molecule has 0 aliphatic rings. The van der Waals surface area contributed by atoms with Gasteiger partial charge in [-0.05, 0) is 18.2 Å². The zero-order chi connectivity index (χ0) is 15.3. The molecule has 4 rings (SSSR count). The van der Waals surface area contributed by atoms with E-state index < -0.39 is 0 Å². The second-order valence-electron chi connectivity index (χ2n) is 4.65. The SMILES string of the molecule is Cn1cc(-c2nnc3sc(-c4ccc(Cl)cc4Cl)nn23)cn1. The van der Waals surface area contributed by atoms with Crippen molar-refractivity contribution in [3.05, 3.63) is 40.6 Å². The highest BCUT2D eigenvalue weighted by atomic mass is 35.5. The number of hydrogen-bond acceptors (Lipinski definition) is 5. The molecule has 0 unspecified atom stereocenters. The average molecular weight is 351 g/mol. The van der Waals surface area contributed by atoms with E-state index in [9.17, 15) is 0 Å². The second-order valence-corrected chi connectivity index (χ2v) is 6.45. The Labute approximate surface area is 138 Å². The summed E-state index contributed by atoms with van der Waals surface area (Å²) in [6.45, 7) is 0. The van der Waals surface area contributed by atoms with Gasteiger partial charge >= 0.3 is 0 Å². The maximum absolute atomic E-state index is 6.24. The summed E-state index contributed by atoms with van der Waals surface area (Å²) in [5.74, 6) is 0.649. The zero-order valence-corrected chi connectivity index (χ0v) is 13.6. The molecule has 0 saturated heterocycles. The lowest BCUT2D eigenvalue weighted by Crippen LogP contribution is -1.90. The quantitative estimate of drug-likeness (QED) is 0.554. The summed E-state index contributed by atoms with van der Waals surface area (Å²) in [5.41, 5.74) is 1.67. The predicted octanol–water partition coefficient (Wildman–Crippen LogP) is 3.56. The maximum atomic E-state index is 6.24. The number of benzene rings is 1. The summed E-state index contributed by atoms with van der Waals surface area (Å²) in [7, 11) is 1.85. The van der Waals surface area contributed by atoms with E-state index in [0.717, 1.165) is 16.1 Å². The van der Waals surface area contributed by atoms with Crippen molar-refractivity contribution in [1.82, 2.24) is 29.6 Å². The molecule has 0 atom stereocenters. The number of rotatable bonds is 2. The van der Waals surface area contributed by atoms with Gasteiger partial charge in [0.1, 0.15) is 5.01 Å². The van der Waals surface area contributed by atoms with Gasteiger partial charge in [0.2, 0.25) is 4.96 Å². The van der Waals surface area contributed by atoms with Crippen LogP contribution < -0.4 is 0 Å². The fraction of sp³-hybridized carbons (Fsp3) is 0.0769. The van der Waals surface area contributed by atoms with Crippen LogP contribution in [0.15, 0.2) is 30.6 Å². The summed E-state index contributed by atoms with van der Waals surface area (Å²) >= 11 is 13.6. The standard InChI is InChI=1S/C13H8Cl2N6S/c1-20-6-7(5-16-20)11-17-18-13-21(11)19-12(22-13)9-3-2-8(14)4-10(9)15/h2-6H,1H3. The molecule has 0 aliphatic carbocycles. The van der Waals surface area contributed by atoms with Crippen molar-refractivity contribution < 1.29 is 0 Å². The number of aromatic nitrogens is 6. The Morgan fingerprint density at radius 3 is 2.77 bits per heavy atom. The summed E-state index contributed by atoms with van der Waals surface area (Å²) < 4.78 is 3.40. The third-order valence-corrected chi connectivity index (χ3v) is 4.60. The van der Waals surface area contributed by atoms with E-state index in [2.05, 4.69) is 20.4 Å². The summed E-state index contributed by atoms with van der Waals surface area (Å²) in [4.78, 5) is 0.694. The van der Waals surface area contributed by atoms with Crippen molar-refractivity contribution in [3.63, 3.8) is 0 Å². The minimum Gasteiger partial charge on any atom is -0.275 e. The van der Waals surface area contributed by atoms with Crippen molar-refractivity contribution in [3.8, 4) is 22.0 Å². The van der Waals surface area contributed by atoms with E-state index >= 15 is 0 Å². The predicted molar refractivity (Wildman–Crippen MR) is 86.3 cm³/mol. The van der Waals surface area contributed by atoms with Crippen molar-refractivity contribution in [2.24, 2.45) is 7.05 Å². The van der Waals surface area contributed by atoms with Gasteiger partial charge in [-0.25, -0.2) is 0 Å². The van der Waals surface area contributed by atoms with E-state index in [4.69, 9.17) is 23.2 Å². The molecule has 0 saturated carbocycles. The number of hydrogen-bond donors (Lipinski definition) is 0. The first-order chi connectivity index (χ1) is 10.6. The Bertz CT molecular complexity index is 986. The van der Waals surface area contributed by atoms with Crippen LogP contribution in [0.25, 0.3) is 26.9 Å². The molecule has 0 fully saturated rings. The van der Waals surface area contributed by atoms with Crippen LogP contribution in [0.4, 0.5) is 0 Å². The normalized spacial score (nSPS) is 11.4. The van der Waals surface area contributed by atoms with Crippen molar-refractivity contribution >= 4 is 39.5 Å². The smallest absolute Gasteiger partial charge is 0.235 e. The van der Waals surface area contributed by atoms with Gasteiger partial charge in [-0.15, -0.1) is 10.2 Å². The maximum Gasteiger partial charge on any atom is 0.235 e. The number of halogens is 2. The number of fused-ring (bicyclic) bond motifs is 1. The van der Waals surface area contributed by atoms with Gasteiger partial charge in [-0.2, -0.15) is 14.7 Å². The lowest BCUT2D eigenvalue weighted by atomic mass is 10.2. The lowest BCUT2D eigenvalue weighted by molar-refractivity contribution is 0.768. The third-order valence-electron chi connectivity index (χ3n) is 3.12. The van der Waals surface area contributed by atoms with E-state index in [-0.39, 0.29) is 0 Å². The molecule has 9 heteroatoms. The summed E-state index contributed by atoms with van der Waals surface area (Å²) in [5, 5.41) is 18.9. The Morgan fingerprint density at radius 2 is 2.05 bits per heavy atom. The summed E-state index contributed by atoms with van der Waals surface area (Å²) in [6, 6.07) is 5.33. The molecular formula is C13H8Cl2N6S. The highest BCUT2D eigenvalue weighted by molar-refractivity contribution is 7.19. The lowest BCUT2D eigenvalue weighted by Gasteiger charge is -1.99. The molecule has 0 aliphatic heterocycles. The van der Waals surface area contributed by atoms with Crippen LogP contribution in [0, 0.1) is 0 Å². The molecule has 0 N–H and O–H groups in total. The fourth-order valence-corrected chi connectivity index (χ4v) is 3.54. The van der Waals surface area contributed by atoms with Gasteiger partial charge in [0.25, 0.3) is 0 Å². The van der Waals surface area contributed by atoms with Gasteiger partial charge < -0.3 is 0 Å². The van der Waals surface area contributed by atoms with Gasteiger partial charge in [0.05, 0.1) is 16.8 Å². The number of nitrogens with zero attached hydrogens (tertiary/aromatic N) is 6. The van der Waals surface area contributed by atoms with Gasteiger partial charge in [-0.1, -0.05) is 34.5 Å². The molecule has 4 aromatic rings. The average Bonchev–Trinajstić information content (AvgIpc) is 3.13.